The lowest BCUT2D eigenvalue weighted by Gasteiger charge is -2.27. The van der Waals surface area contributed by atoms with E-state index in [4.69, 9.17) is 4.99 Å². The number of nitrogens with zero attached hydrogens (tertiary/aromatic N) is 3. The maximum atomic E-state index is 5.73. The van der Waals surface area contributed by atoms with Crippen molar-refractivity contribution in [2.24, 2.45) is 4.99 Å². The van der Waals surface area contributed by atoms with Crippen LogP contribution in [0.1, 0.15) is 34.3 Å². The molecule has 7 aromatic carbocycles. The predicted octanol–water partition coefficient (Wildman–Crippen LogP) is 12.6. The molecule has 5 heteroatoms. The molecule has 53 heavy (non-hydrogen) atoms. The van der Waals surface area contributed by atoms with E-state index in [0.29, 0.717) is 0 Å². The number of aliphatic imine (C=N–C) groups is 1. The van der Waals surface area contributed by atoms with Gasteiger partial charge in [0.1, 0.15) is 0 Å². The molecule has 0 radical (unpaired) electrons. The summed E-state index contributed by atoms with van der Waals surface area (Å²) in [7, 11) is 0. The summed E-state index contributed by atoms with van der Waals surface area (Å²) in [4.78, 5) is 6.92. The number of hydrogen-bond acceptors (Lipinski definition) is 3. The number of hydrogen-bond donors (Lipinski definition) is 1. The number of rotatable bonds is 3. The Kier molecular flexibility index (Phi) is 6.08. The number of fused-ring (bicyclic) bond motifs is 12. The van der Waals surface area contributed by atoms with Crippen LogP contribution in [-0.4, -0.2) is 14.8 Å². The number of allylic oxidation sites excluding steroid dienone is 1. The highest BCUT2D eigenvalue weighted by atomic mass is 32.1. The largest absolute Gasteiger partial charge is 0.345 e. The van der Waals surface area contributed by atoms with Crippen LogP contribution >= 0.6 is 11.3 Å². The minimum Gasteiger partial charge on any atom is -0.345 e. The Labute approximate surface area is 309 Å². The van der Waals surface area contributed by atoms with Gasteiger partial charge in [0, 0.05) is 42.9 Å². The normalized spacial score (nSPS) is 15.4. The minimum absolute atomic E-state index is 0.352. The fourth-order valence-electron chi connectivity index (χ4n) is 9.04. The molecular weight excluding hydrogens is 665 g/mol. The second kappa shape index (κ2) is 11.0. The molecule has 0 saturated carbocycles. The van der Waals surface area contributed by atoms with Crippen LogP contribution in [0.3, 0.4) is 0 Å². The van der Waals surface area contributed by atoms with Gasteiger partial charge in [-0.05, 0) is 89.3 Å². The van der Waals surface area contributed by atoms with Crippen LogP contribution in [0.25, 0.3) is 76.2 Å². The highest BCUT2D eigenvalue weighted by molar-refractivity contribution is 7.22. The van der Waals surface area contributed by atoms with Crippen LogP contribution in [0.15, 0.2) is 157 Å². The Morgan fingerprint density at radius 3 is 2.28 bits per heavy atom. The Bertz CT molecular complexity index is 3210. The number of para-hydroxylation sites is 2. The molecule has 0 saturated heterocycles. The molecular formula is C48H32N4S. The van der Waals surface area contributed by atoms with E-state index in [2.05, 4.69) is 172 Å². The lowest BCUT2D eigenvalue weighted by Crippen LogP contribution is -2.24. The van der Waals surface area contributed by atoms with Crippen molar-refractivity contribution in [1.82, 2.24) is 9.13 Å². The number of anilines is 1. The van der Waals surface area contributed by atoms with Gasteiger partial charge in [-0.25, -0.2) is 4.99 Å². The van der Waals surface area contributed by atoms with E-state index in [1.54, 1.807) is 0 Å². The van der Waals surface area contributed by atoms with Gasteiger partial charge in [0.05, 0.1) is 38.3 Å². The highest BCUT2D eigenvalue weighted by Gasteiger charge is 2.30. The molecule has 0 fully saturated rings. The van der Waals surface area contributed by atoms with Gasteiger partial charge in [-0.1, -0.05) is 103 Å². The van der Waals surface area contributed by atoms with Gasteiger partial charge in [-0.15, -0.1) is 11.3 Å². The topological polar surface area (TPSA) is 34.2 Å². The average molecular weight is 697 g/mol. The molecule has 1 N–H and O–H groups in total. The lowest BCUT2D eigenvalue weighted by atomic mass is 9.92. The van der Waals surface area contributed by atoms with Crippen LogP contribution in [0.4, 0.5) is 5.69 Å². The zero-order chi connectivity index (χ0) is 34.6. The first-order chi connectivity index (χ1) is 26.3. The first-order valence-electron chi connectivity index (χ1n) is 18.4. The average Bonchev–Trinajstić information content (AvgIpc) is 3.87. The van der Waals surface area contributed by atoms with Crippen molar-refractivity contribution in [2.75, 3.05) is 5.32 Å². The van der Waals surface area contributed by atoms with Crippen LogP contribution < -0.4 is 5.32 Å². The van der Waals surface area contributed by atoms with Gasteiger partial charge < -0.3 is 14.5 Å². The van der Waals surface area contributed by atoms with Crippen molar-refractivity contribution >= 4 is 93.3 Å². The molecule has 10 aromatic rings. The van der Waals surface area contributed by atoms with Gasteiger partial charge in [0.25, 0.3) is 0 Å². The number of aromatic nitrogens is 2. The summed E-state index contributed by atoms with van der Waals surface area (Å²) in [5, 5.41) is 12.8. The Hall–Kier alpha value is -6.43. The summed E-state index contributed by atoms with van der Waals surface area (Å²) in [6.45, 7) is 0. The van der Waals surface area contributed by atoms with Crippen molar-refractivity contribution in [3.8, 4) is 5.69 Å². The number of benzene rings is 7. The monoisotopic (exact) mass is 696 g/mol. The van der Waals surface area contributed by atoms with Crippen molar-refractivity contribution in [3.63, 3.8) is 0 Å². The third-order valence-corrected chi connectivity index (χ3v) is 12.6. The molecule has 250 valence electrons. The number of nitrogens with one attached hydrogen (secondary N) is 1. The molecule has 1 atom stereocenters. The van der Waals surface area contributed by atoms with E-state index in [9.17, 15) is 0 Å². The maximum Gasteiger partial charge on any atom is 0.201 e. The molecule has 12 rings (SSSR count). The zero-order valence-corrected chi connectivity index (χ0v) is 29.6. The van der Waals surface area contributed by atoms with E-state index >= 15 is 0 Å². The van der Waals surface area contributed by atoms with Crippen LogP contribution in [0.5, 0.6) is 0 Å². The molecule has 0 amide bonds. The van der Waals surface area contributed by atoms with Gasteiger partial charge in [0.15, 0.2) is 0 Å². The number of aryl methyl sites for hydroxylation is 1. The third-order valence-electron chi connectivity index (χ3n) is 11.4. The second-order valence-electron chi connectivity index (χ2n) is 14.3. The zero-order valence-electron chi connectivity index (χ0n) is 28.8. The molecule has 3 aromatic heterocycles. The first kappa shape index (κ1) is 29.2. The molecule has 1 aliphatic carbocycles. The van der Waals surface area contributed by atoms with Crippen molar-refractivity contribution < 1.29 is 0 Å². The third kappa shape index (κ3) is 4.20. The fourth-order valence-corrected chi connectivity index (χ4v) is 10.2. The van der Waals surface area contributed by atoms with Crippen molar-refractivity contribution in [2.45, 2.75) is 19.1 Å². The van der Waals surface area contributed by atoms with Gasteiger partial charge in [-0.3, -0.25) is 0 Å². The van der Waals surface area contributed by atoms with Crippen LogP contribution in [-0.2, 0) is 6.42 Å². The number of thiophene rings is 1. The maximum absolute atomic E-state index is 5.73. The van der Waals surface area contributed by atoms with E-state index in [1.165, 1.54) is 80.5 Å². The SMILES string of the molecule is C1=Cc2ccc3c(c2CC1)c1cc2ccccc2cc1n3C1N=C(c2ccc3c(c2)c2ccccc2n3-c2ccccc2)c2sc3ccccc3c2N1. The summed E-state index contributed by atoms with van der Waals surface area (Å²) in [6.07, 6.45) is 6.35. The summed E-state index contributed by atoms with van der Waals surface area (Å²) < 4.78 is 6.10. The smallest absolute Gasteiger partial charge is 0.201 e. The molecule has 4 heterocycles. The van der Waals surface area contributed by atoms with E-state index in [1.807, 2.05) is 11.3 Å². The summed E-state index contributed by atoms with van der Waals surface area (Å²) in [5.74, 6) is 0. The molecule has 0 spiro atoms. The predicted molar refractivity (Wildman–Crippen MR) is 225 cm³/mol. The Morgan fingerprint density at radius 2 is 1.38 bits per heavy atom. The van der Waals surface area contributed by atoms with Gasteiger partial charge in [-0.2, -0.15) is 0 Å². The molecule has 2 aliphatic rings. The fraction of sp³-hybridized carbons (Fsp3) is 0.0625. The van der Waals surface area contributed by atoms with E-state index in [0.717, 1.165) is 35.5 Å². The quantitative estimate of drug-likeness (QED) is 0.196. The summed E-state index contributed by atoms with van der Waals surface area (Å²) in [6, 6.07) is 53.3. The molecule has 1 aliphatic heterocycles. The van der Waals surface area contributed by atoms with Gasteiger partial charge in [0.2, 0.25) is 6.29 Å². The summed E-state index contributed by atoms with van der Waals surface area (Å²) in [5.41, 5.74) is 12.0. The van der Waals surface area contributed by atoms with E-state index < -0.39 is 0 Å². The lowest BCUT2D eigenvalue weighted by molar-refractivity contribution is 0.626. The van der Waals surface area contributed by atoms with E-state index in [-0.39, 0.29) is 6.29 Å². The van der Waals surface area contributed by atoms with Crippen LogP contribution in [0, 0.1) is 0 Å². The molecule has 1 unspecified atom stereocenters. The molecule has 4 nitrogen and oxygen atoms in total. The standard InChI is InChI=1S/C48H32N4S/c1-2-15-33(16-3-1)51-39-20-10-8-18-35(39)37-27-32(23-24-40(37)51)45-47-46(36-19-9-11-21-43(36)53-47)50-48(49-45)52-41-25-22-29-12-6-7-17-34(29)44(41)38-26-30-13-4-5-14-31(30)28-42(38)52/h1-6,8-16,18-28,48,50H,7,17H2. The van der Waals surface area contributed by atoms with Gasteiger partial charge >= 0.3 is 0 Å². The van der Waals surface area contributed by atoms with Crippen LogP contribution in [0.2, 0.25) is 0 Å². The first-order valence-corrected chi connectivity index (χ1v) is 19.2. The summed E-state index contributed by atoms with van der Waals surface area (Å²) >= 11 is 1.83. The minimum atomic E-state index is -0.352. The highest BCUT2D eigenvalue weighted by Crippen LogP contribution is 2.46. The molecule has 0 bridgehead atoms. The second-order valence-corrected chi connectivity index (χ2v) is 15.3. The van der Waals surface area contributed by atoms with Crippen molar-refractivity contribution in [3.05, 3.63) is 173 Å². The Balaban J connectivity index is 1.14. The van der Waals surface area contributed by atoms with Crippen molar-refractivity contribution in [1.29, 1.82) is 0 Å². The Morgan fingerprint density at radius 1 is 0.623 bits per heavy atom.